The molecule has 0 saturated carbocycles. The van der Waals surface area contributed by atoms with Crippen molar-refractivity contribution in [2.75, 3.05) is 60.2 Å². The molecule has 7 nitrogen and oxygen atoms in total. The van der Waals surface area contributed by atoms with Crippen LogP contribution in [0.4, 0.5) is 0 Å². The predicted molar refractivity (Wildman–Crippen MR) is 112 cm³/mol. The Morgan fingerprint density at radius 3 is 2.72 bits per heavy atom. The van der Waals surface area contributed by atoms with Gasteiger partial charge in [0, 0.05) is 52.9 Å². The molecule has 0 aliphatic carbocycles. The van der Waals surface area contributed by atoms with E-state index in [2.05, 4.69) is 29.5 Å². The molecule has 2 N–H and O–H groups in total. The van der Waals surface area contributed by atoms with Crippen LogP contribution in [0.25, 0.3) is 0 Å². The molecule has 1 unspecified atom stereocenters. The Bertz CT molecular complexity index is 386. The van der Waals surface area contributed by atoms with Crippen LogP contribution >= 0.6 is 24.0 Å². The van der Waals surface area contributed by atoms with E-state index in [1.165, 1.54) is 0 Å². The molecule has 0 radical (unpaired) electrons. The summed E-state index contributed by atoms with van der Waals surface area (Å²) in [6, 6.07) is 0. The van der Waals surface area contributed by atoms with Gasteiger partial charge in [-0.2, -0.15) is 0 Å². The van der Waals surface area contributed by atoms with Crippen LogP contribution in [0.5, 0.6) is 0 Å². The largest absolute Gasteiger partial charge is 0.381 e. The molecular weight excluding hydrogens is 435 g/mol. The number of likely N-dealkylation sites (N-methyl/N-ethyl adjacent to an activating group) is 1. The van der Waals surface area contributed by atoms with E-state index in [1.807, 2.05) is 0 Å². The summed E-state index contributed by atoms with van der Waals surface area (Å²) in [5.74, 6) is 1.74. The molecule has 1 fully saturated rings. The van der Waals surface area contributed by atoms with Gasteiger partial charge in [-0.25, -0.2) is 4.99 Å². The van der Waals surface area contributed by atoms with Gasteiger partial charge < -0.3 is 25.0 Å². The number of nitrogens with zero attached hydrogens (tertiary/aromatic N) is 2. The van der Waals surface area contributed by atoms with Crippen LogP contribution in [-0.4, -0.2) is 76.9 Å². The molecule has 0 aromatic carbocycles. The average molecular weight is 470 g/mol. The second-order valence-electron chi connectivity index (χ2n) is 6.81. The molecular formula is C17H35IN4O3. The zero-order valence-electron chi connectivity index (χ0n) is 16.0. The zero-order chi connectivity index (χ0) is 17.8. The maximum atomic E-state index is 11.7. The normalized spacial score (nSPS) is 17.3. The standard InChI is InChI=1S/C17H34N4O3.HI/c1-14(2)12-23-8-5-7-18-17(20-11-16(22)21(3)4)19-10-15-6-9-24-13-15;/h14-15H,5-13H2,1-4H3,(H2,18,19,20);1H. The average Bonchev–Trinajstić information content (AvgIpc) is 3.05. The molecule has 148 valence electrons. The third-order valence-corrected chi connectivity index (χ3v) is 3.66. The van der Waals surface area contributed by atoms with Crippen molar-refractivity contribution in [3.8, 4) is 0 Å². The maximum absolute atomic E-state index is 11.7. The number of carbonyl (C=O) groups excluding carboxylic acids is 1. The van der Waals surface area contributed by atoms with Crippen molar-refractivity contribution in [3.05, 3.63) is 0 Å². The van der Waals surface area contributed by atoms with E-state index < -0.39 is 0 Å². The highest BCUT2D eigenvalue weighted by molar-refractivity contribution is 14.0. The SMILES string of the molecule is CC(C)COCCCNC(=NCC(=O)N(C)C)NCC1CCOC1.I. The number of hydrogen-bond donors (Lipinski definition) is 2. The molecule has 1 aliphatic heterocycles. The van der Waals surface area contributed by atoms with Gasteiger partial charge in [0.15, 0.2) is 5.96 Å². The van der Waals surface area contributed by atoms with Crippen LogP contribution in [0.2, 0.25) is 0 Å². The molecule has 25 heavy (non-hydrogen) atoms. The van der Waals surface area contributed by atoms with Crippen LogP contribution in [0.1, 0.15) is 26.7 Å². The van der Waals surface area contributed by atoms with E-state index >= 15 is 0 Å². The summed E-state index contributed by atoms with van der Waals surface area (Å²) in [7, 11) is 3.47. The summed E-state index contributed by atoms with van der Waals surface area (Å²) in [4.78, 5) is 17.6. The van der Waals surface area contributed by atoms with Crippen LogP contribution in [-0.2, 0) is 14.3 Å². The molecule has 0 spiro atoms. The summed E-state index contributed by atoms with van der Waals surface area (Å²) in [5, 5.41) is 6.59. The number of ether oxygens (including phenoxy) is 2. The molecule has 1 aliphatic rings. The van der Waals surface area contributed by atoms with Gasteiger partial charge in [0.25, 0.3) is 0 Å². The van der Waals surface area contributed by atoms with Crippen molar-refractivity contribution < 1.29 is 14.3 Å². The van der Waals surface area contributed by atoms with Crippen LogP contribution < -0.4 is 10.6 Å². The van der Waals surface area contributed by atoms with Crippen molar-refractivity contribution in [1.82, 2.24) is 15.5 Å². The highest BCUT2D eigenvalue weighted by Gasteiger charge is 2.15. The van der Waals surface area contributed by atoms with E-state index in [-0.39, 0.29) is 36.4 Å². The number of nitrogens with one attached hydrogen (secondary N) is 2. The van der Waals surface area contributed by atoms with Crippen molar-refractivity contribution in [2.24, 2.45) is 16.8 Å². The topological polar surface area (TPSA) is 75.2 Å². The van der Waals surface area contributed by atoms with Crippen molar-refractivity contribution in [1.29, 1.82) is 0 Å². The molecule has 1 rings (SSSR count). The minimum atomic E-state index is -0.0134. The van der Waals surface area contributed by atoms with Gasteiger partial charge in [-0.05, 0) is 18.8 Å². The number of halogens is 1. The molecule has 1 saturated heterocycles. The second kappa shape index (κ2) is 14.5. The highest BCUT2D eigenvalue weighted by Crippen LogP contribution is 2.10. The number of aliphatic imine (C=N–C) groups is 1. The predicted octanol–water partition coefficient (Wildman–Crippen LogP) is 1.33. The molecule has 1 amide bonds. The molecule has 1 heterocycles. The van der Waals surface area contributed by atoms with Gasteiger partial charge in [-0.15, -0.1) is 24.0 Å². The Balaban J connectivity index is 0.00000576. The second-order valence-corrected chi connectivity index (χ2v) is 6.81. The van der Waals surface area contributed by atoms with Gasteiger partial charge in [0.1, 0.15) is 6.54 Å². The smallest absolute Gasteiger partial charge is 0.243 e. The lowest BCUT2D eigenvalue weighted by Gasteiger charge is -2.16. The first-order valence-electron chi connectivity index (χ1n) is 8.87. The Morgan fingerprint density at radius 1 is 1.36 bits per heavy atom. The van der Waals surface area contributed by atoms with Crippen molar-refractivity contribution in [2.45, 2.75) is 26.7 Å². The van der Waals surface area contributed by atoms with E-state index in [4.69, 9.17) is 9.47 Å². The lowest BCUT2D eigenvalue weighted by molar-refractivity contribution is -0.127. The van der Waals surface area contributed by atoms with Gasteiger partial charge in [0.05, 0.1) is 6.61 Å². The third kappa shape index (κ3) is 12.4. The minimum absolute atomic E-state index is 0. The van der Waals surface area contributed by atoms with E-state index in [9.17, 15) is 4.79 Å². The number of hydrogen-bond acceptors (Lipinski definition) is 4. The number of guanidine groups is 1. The Morgan fingerprint density at radius 2 is 2.12 bits per heavy atom. The monoisotopic (exact) mass is 470 g/mol. The van der Waals surface area contributed by atoms with Gasteiger partial charge in [-0.3, -0.25) is 4.79 Å². The fourth-order valence-corrected chi connectivity index (χ4v) is 2.15. The van der Waals surface area contributed by atoms with Crippen LogP contribution in [0.15, 0.2) is 4.99 Å². The zero-order valence-corrected chi connectivity index (χ0v) is 18.4. The Labute approximate surface area is 169 Å². The van der Waals surface area contributed by atoms with Gasteiger partial charge >= 0.3 is 0 Å². The number of amides is 1. The first-order valence-corrected chi connectivity index (χ1v) is 8.87. The van der Waals surface area contributed by atoms with Gasteiger partial charge in [-0.1, -0.05) is 13.8 Å². The maximum Gasteiger partial charge on any atom is 0.243 e. The first-order chi connectivity index (χ1) is 11.5. The third-order valence-electron chi connectivity index (χ3n) is 3.66. The number of carbonyl (C=O) groups is 1. The van der Waals surface area contributed by atoms with Gasteiger partial charge in [0.2, 0.25) is 5.91 Å². The summed E-state index contributed by atoms with van der Waals surface area (Å²) in [5.41, 5.74) is 0. The summed E-state index contributed by atoms with van der Waals surface area (Å²) < 4.78 is 11.0. The fraction of sp³-hybridized carbons (Fsp3) is 0.882. The number of rotatable bonds is 10. The van der Waals surface area contributed by atoms with Crippen LogP contribution in [0, 0.1) is 11.8 Å². The summed E-state index contributed by atoms with van der Waals surface area (Å²) in [6.45, 7) is 9.14. The fourth-order valence-electron chi connectivity index (χ4n) is 2.15. The highest BCUT2D eigenvalue weighted by atomic mass is 127. The lowest BCUT2D eigenvalue weighted by atomic mass is 10.1. The molecule has 0 aromatic heterocycles. The van der Waals surface area contributed by atoms with Crippen molar-refractivity contribution in [3.63, 3.8) is 0 Å². The lowest BCUT2D eigenvalue weighted by Crippen LogP contribution is -2.41. The molecule has 0 bridgehead atoms. The van der Waals surface area contributed by atoms with Crippen LogP contribution in [0.3, 0.4) is 0 Å². The Hall–Kier alpha value is -0.610. The summed E-state index contributed by atoms with van der Waals surface area (Å²) >= 11 is 0. The molecule has 1 atom stereocenters. The summed E-state index contributed by atoms with van der Waals surface area (Å²) in [6.07, 6.45) is 1.97. The van der Waals surface area contributed by atoms with E-state index in [0.717, 1.165) is 52.4 Å². The first kappa shape index (κ1) is 24.4. The molecule has 0 aromatic rings. The van der Waals surface area contributed by atoms with E-state index in [0.29, 0.717) is 17.8 Å². The minimum Gasteiger partial charge on any atom is -0.381 e. The quantitative estimate of drug-likeness (QED) is 0.218. The molecule has 8 heteroatoms. The van der Waals surface area contributed by atoms with E-state index in [1.54, 1.807) is 19.0 Å². The van der Waals surface area contributed by atoms with Crippen molar-refractivity contribution >= 4 is 35.8 Å². The Kier molecular flexibility index (Phi) is 14.2.